The number of hydrogen-bond donors (Lipinski definition) is 3. The summed E-state index contributed by atoms with van der Waals surface area (Å²) in [5.74, 6) is 2.79. The van der Waals surface area contributed by atoms with Crippen molar-refractivity contribution in [2.75, 3.05) is 18.0 Å². The van der Waals surface area contributed by atoms with Crippen LogP contribution in [0.2, 0.25) is 0 Å². The second-order valence-electron chi connectivity index (χ2n) is 6.53. The Labute approximate surface area is 179 Å². The number of fused-ring (bicyclic) bond motifs is 1. The number of carbonyl (C=O) groups is 1. The zero-order valence-corrected chi connectivity index (χ0v) is 18.4. The molecule has 2 heterocycles. The first-order valence-electron chi connectivity index (χ1n) is 9.21. The van der Waals surface area contributed by atoms with Gasteiger partial charge in [0.05, 0.1) is 28.3 Å². The minimum atomic E-state index is -4.03. The Hall–Kier alpha value is -3.22. The van der Waals surface area contributed by atoms with E-state index < -0.39 is 16.0 Å². The van der Waals surface area contributed by atoms with E-state index in [0.29, 0.717) is 29.1 Å². The number of carboxylic acids is 1. The van der Waals surface area contributed by atoms with Crippen LogP contribution < -0.4 is 14.9 Å². The van der Waals surface area contributed by atoms with Gasteiger partial charge in [0.25, 0.3) is 10.0 Å². The van der Waals surface area contributed by atoms with E-state index in [1.54, 1.807) is 26.1 Å². The summed E-state index contributed by atoms with van der Waals surface area (Å²) >= 11 is 0. The van der Waals surface area contributed by atoms with E-state index in [1.807, 2.05) is 6.92 Å². The molecule has 12 heteroatoms. The minimum Gasteiger partial charge on any atom is -0.494 e. The van der Waals surface area contributed by atoms with Crippen molar-refractivity contribution in [3.63, 3.8) is 0 Å². The molecular weight excluding hydrogens is 426 g/mol. The maximum absolute atomic E-state index is 13.2. The molecule has 2 aromatic heterocycles. The van der Waals surface area contributed by atoms with Crippen LogP contribution in [0.15, 0.2) is 35.4 Å². The number of aromatic nitrogens is 3. The van der Waals surface area contributed by atoms with Crippen LogP contribution in [0.5, 0.6) is 5.75 Å². The van der Waals surface area contributed by atoms with Gasteiger partial charge < -0.3 is 15.1 Å². The number of aromatic carboxylic acids is 1. The van der Waals surface area contributed by atoms with Gasteiger partial charge in [-0.25, -0.2) is 24.1 Å². The molecule has 0 fully saturated rings. The maximum atomic E-state index is 13.2. The van der Waals surface area contributed by atoms with E-state index in [1.165, 1.54) is 23.9 Å². The van der Waals surface area contributed by atoms with Gasteiger partial charge in [-0.1, -0.05) is 6.92 Å². The summed E-state index contributed by atoms with van der Waals surface area (Å²) in [6, 6.07) is 6.02. The highest BCUT2D eigenvalue weighted by molar-refractivity contribution is 7.92. The summed E-state index contributed by atoms with van der Waals surface area (Å²) in [5, 5.41) is 20.7. The van der Waals surface area contributed by atoms with Crippen molar-refractivity contribution in [2.45, 2.75) is 25.2 Å². The molecule has 11 nitrogen and oxygen atoms in total. The molecule has 4 N–H and O–H groups in total. The number of hydrogen-bond acceptors (Lipinski definition) is 8. The topological polar surface area (TPSA) is 161 Å². The molecule has 3 aromatic rings. The lowest BCUT2D eigenvalue weighted by atomic mass is 10.1. The number of nitrogens with two attached hydrogens (primary N) is 1. The predicted molar refractivity (Wildman–Crippen MR) is 114 cm³/mol. The van der Waals surface area contributed by atoms with Gasteiger partial charge >= 0.3 is 5.97 Å². The molecule has 0 saturated heterocycles. The van der Waals surface area contributed by atoms with Crippen LogP contribution in [0.25, 0.3) is 11.0 Å². The average Bonchev–Trinajstić information content (AvgIpc) is 3.06. The lowest BCUT2D eigenvalue weighted by Gasteiger charge is -2.22. The third-order valence-electron chi connectivity index (χ3n) is 4.50. The van der Waals surface area contributed by atoms with Gasteiger partial charge in [-0.3, -0.25) is 8.99 Å². The van der Waals surface area contributed by atoms with E-state index >= 15 is 0 Å². The predicted octanol–water partition coefficient (Wildman–Crippen LogP) is 1.92. The number of pyridine rings is 1. The molecule has 3 rings (SSSR count). The van der Waals surface area contributed by atoms with Gasteiger partial charge in [0.15, 0.2) is 5.65 Å². The van der Waals surface area contributed by atoms with Crippen LogP contribution >= 0.6 is 0 Å². The highest BCUT2D eigenvalue weighted by Gasteiger charge is 2.29. The first-order chi connectivity index (χ1) is 14.7. The number of rotatable bonds is 7. The molecule has 0 aliphatic heterocycles. The van der Waals surface area contributed by atoms with Crippen molar-refractivity contribution in [1.29, 1.82) is 0 Å². The zero-order chi connectivity index (χ0) is 23.3. The summed E-state index contributed by atoms with van der Waals surface area (Å²) in [4.78, 5) is 16.0. The number of aryl methyl sites for hydroxylation is 2. The largest absolute Gasteiger partial charge is 0.494 e. The zero-order valence-electron chi connectivity index (χ0n) is 17.6. The fourth-order valence-corrected chi connectivity index (χ4v) is 4.31. The van der Waals surface area contributed by atoms with Crippen molar-refractivity contribution in [1.82, 2.24) is 14.8 Å². The molecule has 0 saturated carbocycles. The maximum Gasteiger partial charge on any atom is 0.339 e. The number of sulfonamides is 1. The van der Waals surface area contributed by atoms with Crippen LogP contribution in [-0.4, -0.2) is 53.1 Å². The molecule has 0 amide bonds. The minimum absolute atomic E-state index is 0.0201. The van der Waals surface area contributed by atoms with Crippen LogP contribution in [0, 0.1) is 6.92 Å². The van der Waals surface area contributed by atoms with Gasteiger partial charge in [0.1, 0.15) is 11.3 Å². The Morgan fingerprint density at radius 3 is 2.42 bits per heavy atom. The van der Waals surface area contributed by atoms with E-state index in [4.69, 9.17) is 9.94 Å². The third-order valence-corrected chi connectivity index (χ3v) is 6.27. The molecule has 168 valence electrons. The molecule has 0 aliphatic carbocycles. The Bertz CT molecular complexity index is 1170. The van der Waals surface area contributed by atoms with Crippen LogP contribution in [0.3, 0.4) is 0 Å². The van der Waals surface area contributed by atoms with Gasteiger partial charge in [-0.15, -0.1) is 0 Å². The lowest BCUT2D eigenvalue weighted by Crippen LogP contribution is -2.28. The van der Waals surface area contributed by atoms with Crippen molar-refractivity contribution >= 4 is 32.7 Å². The Kier molecular flexibility index (Phi) is 7.55. The summed E-state index contributed by atoms with van der Waals surface area (Å²) in [7, 11) is -1.05. The standard InChI is InChI=1S/C19H22N4O5S.H3NO/c1-5-10-28-13-6-8-14(9-7-13)29(26,27)23(4)17-15(19(24)25)11-20-18-16(17)12(2)21-22(18)3;1-2/h6-9,11H,5,10H2,1-4H3,(H,24,25);2H,1H2. The van der Waals surface area contributed by atoms with E-state index in [-0.39, 0.29) is 16.1 Å². The van der Waals surface area contributed by atoms with Gasteiger partial charge in [0.2, 0.25) is 0 Å². The fraction of sp³-hybridized carbons (Fsp3) is 0.316. The monoisotopic (exact) mass is 451 g/mol. The van der Waals surface area contributed by atoms with E-state index in [9.17, 15) is 18.3 Å². The molecule has 1 aromatic carbocycles. The van der Waals surface area contributed by atoms with E-state index in [2.05, 4.69) is 16.0 Å². The molecular formula is C19H25N5O6S. The lowest BCUT2D eigenvalue weighted by molar-refractivity contribution is 0.0697. The Morgan fingerprint density at radius 2 is 1.87 bits per heavy atom. The highest BCUT2D eigenvalue weighted by Crippen LogP contribution is 2.34. The molecule has 31 heavy (non-hydrogen) atoms. The smallest absolute Gasteiger partial charge is 0.339 e. The second-order valence-corrected chi connectivity index (χ2v) is 8.49. The SMILES string of the molecule is CCCOc1ccc(S(=O)(=O)N(C)c2c(C(=O)O)cnc3c2c(C)nn3C)cc1.NO. The molecule has 0 unspecified atom stereocenters. The summed E-state index contributed by atoms with van der Waals surface area (Å²) in [6.07, 6.45) is 1.98. The van der Waals surface area contributed by atoms with Crippen molar-refractivity contribution in [3.8, 4) is 5.75 Å². The van der Waals surface area contributed by atoms with Crippen LogP contribution in [0.4, 0.5) is 5.69 Å². The average molecular weight is 452 g/mol. The normalized spacial score (nSPS) is 11.0. The molecule has 0 atom stereocenters. The first kappa shape index (κ1) is 24.1. The Morgan fingerprint density at radius 1 is 1.26 bits per heavy atom. The summed E-state index contributed by atoms with van der Waals surface area (Å²) < 4.78 is 34.4. The molecule has 0 radical (unpaired) electrons. The number of benzene rings is 1. The number of ether oxygens (including phenoxy) is 1. The summed E-state index contributed by atoms with van der Waals surface area (Å²) in [5.41, 5.74) is 0.688. The van der Waals surface area contributed by atoms with E-state index in [0.717, 1.165) is 16.9 Å². The fourth-order valence-electron chi connectivity index (χ4n) is 3.08. The molecule has 0 aliphatic rings. The van der Waals surface area contributed by atoms with Crippen LogP contribution in [0.1, 0.15) is 29.4 Å². The van der Waals surface area contributed by atoms with Crippen molar-refractivity contribution in [2.24, 2.45) is 12.9 Å². The second kappa shape index (κ2) is 9.73. The Balaban J connectivity index is 0.00000166. The quantitative estimate of drug-likeness (QED) is 0.456. The van der Waals surface area contributed by atoms with Gasteiger partial charge in [-0.05, 0) is 37.6 Å². The van der Waals surface area contributed by atoms with Crippen LogP contribution in [-0.2, 0) is 17.1 Å². The van der Waals surface area contributed by atoms with Gasteiger partial charge in [0, 0.05) is 20.3 Å². The number of carboxylic acid groups (broad SMARTS) is 1. The van der Waals surface area contributed by atoms with Crippen molar-refractivity contribution in [3.05, 3.63) is 41.7 Å². The highest BCUT2D eigenvalue weighted by atomic mass is 32.2. The van der Waals surface area contributed by atoms with Crippen molar-refractivity contribution < 1.29 is 28.3 Å². The molecule has 0 spiro atoms. The molecule has 0 bridgehead atoms. The number of anilines is 1. The summed E-state index contributed by atoms with van der Waals surface area (Å²) in [6.45, 7) is 4.19. The third kappa shape index (κ3) is 4.60. The number of nitrogens with zero attached hydrogens (tertiary/aromatic N) is 4. The first-order valence-corrected chi connectivity index (χ1v) is 10.7. The van der Waals surface area contributed by atoms with Gasteiger partial charge in [-0.2, -0.15) is 5.10 Å².